The third kappa shape index (κ3) is 4.79. The molecule has 0 saturated heterocycles. The van der Waals surface area contributed by atoms with Crippen LogP contribution in [0.4, 0.5) is 0 Å². The number of aliphatic hydroxyl groups is 1. The fraction of sp³-hybridized carbons (Fsp3) is 0.625. The number of hydrogen-bond acceptors (Lipinski definition) is 2. The molecule has 0 heterocycles. The van der Waals surface area contributed by atoms with Crippen molar-refractivity contribution < 1.29 is 5.11 Å². The molecule has 1 aromatic rings. The molecular weight excluding hydrogens is 222 g/mol. The normalized spacial score (nSPS) is 16.3. The van der Waals surface area contributed by atoms with Gasteiger partial charge < -0.3 is 10.4 Å². The molecule has 0 aromatic heterocycles. The van der Waals surface area contributed by atoms with E-state index < -0.39 is 0 Å². The van der Waals surface area contributed by atoms with Crippen molar-refractivity contribution in [2.75, 3.05) is 6.61 Å². The Bertz CT molecular complexity index is 333. The zero-order valence-electron chi connectivity index (χ0n) is 12.1. The average Bonchev–Trinajstić information content (AvgIpc) is 2.39. The van der Waals surface area contributed by atoms with Crippen molar-refractivity contribution in [2.24, 2.45) is 5.92 Å². The molecule has 0 aliphatic rings. The largest absolute Gasteiger partial charge is 0.396 e. The Kier molecular flexibility index (Phi) is 6.37. The first-order valence-corrected chi connectivity index (χ1v) is 6.99. The zero-order valence-corrected chi connectivity index (χ0v) is 12.1. The van der Waals surface area contributed by atoms with Crippen molar-refractivity contribution in [3.8, 4) is 0 Å². The van der Waals surface area contributed by atoms with Crippen LogP contribution >= 0.6 is 0 Å². The van der Waals surface area contributed by atoms with Gasteiger partial charge in [0.15, 0.2) is 0 Å². The van der Waals surface area contributed by atoms with E-state index in [1.54, 1.807) is 0 Å². The first-order chi connectivity index (χ1) is 8.56. The van der Waals surface area contributed by atoms with Crippen molar-refractivity contribution >= 4 is 0 Å². The van der Waals surface area contributed by atoms with E-state index in [1.165, 1.54) is 11.1 Å². The van der Waals surface area contributed by atoms with Crippen molar-refractivity contribution in [1.29, 1.82) is 0 Å². The Morgan fingerprint density at radius 2 is 1.78 bits per heavy atom. The van der Waals surface area contributed by atoms with Crippen LogP contribution in [0.1, 0.15) is 38.3 Å². The first kappa shape index (κ1) is 15.2. The van der Waals surface area contributed by atoms with Crippen molar-refractivity contribution in [1.82, 2.24) is 5.32 Å². The highest BCUT2D eigenvalue weighted by Gasteiger charge is 2.15. The number of benzene rings is 1. The van der Waals surface area contributed by atoms with E-state index in [1.807, 2.05) is 0 Å². The lowest BCUT2D eigenvalue weighted by molar-refractivity contribution is 0.200. The van der Waals surface area contributed by atoms with Gasteiger partial charge in [0.1, 0.15) is 0 Å². The molecule has 0 spiro atoms. The minimum atomic E-state index is 0.245. The fourth-order valence-electron chi connectivity index (χ4n) is 2.02. The minimum absolute atomic E-state index is 0.245. The Hall–Kier alpha value is -0.860. The van der Waals surface area contributed by atoms with E-state index in [0.717, 1.165) is 12.8 Å². The van der Waals surface area contributed by atoms with Gasteiger partial charge in [-0.2, -0.15) is 0 Å². The van der Waals surface area contributed by atoms with E-state index in [4.69, 9.17) is 0 Å². The van der Waals surface area contributed by atoms with Crippen LogP contribution < -0.4 is 5.32 Å². The summed E-state index contributed by atoms with van der Waals surface area (Å²) in [6.07, 6.45) is 2.16. The summed E-state index contributed by atoms with van der Waals surface area (Å²) < 4.78 is 0. The second-order valence-electron chi connectivity index (χ2n) is 5.41. The quantitative estimate of drug-likeness (QED) is 0.779. The molecule has 3 unspecified atom stereocenters. The molecule has 2 nitrogen and oxygen atoms in total. The minimum Gasteiger partial charge on any atom is -0.396 e. The maximum absolute atomic E-state index is 9.17. The molecule has 1 aromatic carbocycles. The van der Waals surface area contributed by atoms with Crippen LogP contribution in [0.15, 0.2) is 24.3 Å². The lowest BCUT2D eigenvalue weighted by Gasteiger charge is -2.26. The summed E-state index contributed by atoms with van der Waals surface area (Å²) >= 11 is 0. The standard InChI is InChI=1S/C16H27NO/c1-5-16(17-14(4)13(3)11-18)10-15-8-6-12(2)7-9-15/h6-9,13-14,16-18H,5,10-11H2,1-4H3. The highest BCUT2D eigenvalue weighted by atomic mass is 16.3. The van der Waals surface area contributed by atoms with Gasteiger partial charge in [-0.05, 0) is 38.2 Å². The first-order valence-electron chi connectivity index (χ1n) is 6.99. The highest BCUT2D eigenvalue weighted by Crippen LogP contribution is 2.10. The fourth-order valence-corrected chi connectivity index (χ4v) is 2.02. The molecule has 0 fully saturated rings. The molecule has 2 N–H and O–H groups in total. The molecule has 18 heavy (non-hydrogen) atoms. The number of aryl methyl sites for hydroxylation is 1. The van der Waals surface area contributed by atoms with Crippen LogP contribution in [-0.2, 0) is 6.42 Å². The van der Waals surface area contributed by atoms with Crippen LogP contribution in [0, 0.1) is 12.8 Å². The van der Waals surface area contributed by atoms with Crippen LogP contribution in [0.25, 0.3) is 0 Å². The van der Waals surface area contributed by atoms with Gasteiger partial charge in [-0.1, -0.05) is 43.7 Å². The zero-order chi connectivity index (χ0) is 13.5. The van der Waals surface area contributed by atoms with Crippen LogP contribution in [0.3, 0.4) is 0 Å². The Morgan fingerprint density at radius 3 is 2.28 bits per heavy atom. The molecule has 0 aliphatic heterocycles. The highest BCUT2D eigenvalue weighted by molar-refractivity contribution is 5.22. The van der Waals surface area contributed by atoms with Gasteiger partial charge in [-0.15, -0.1) is 0 Å². The second kappa shape index (κ2) is 7.55. The lowest BCUT2D eigenvalue weighted by atomic mass is 9.99. The summed E-state index contributed by atoms with van der Waals surface area (Å²) in [5, 5.41) is 12.8. The van der Waals surface area contributed by atoms with Crippen LogP contribution in [0.5, 0.6) is 0 Å². The van der Waals surface area contributed by atoms with Gasteiger partial charge in [0, 0.05) is 18.7 Å². The van der Waals surface area contributed by atoms with Gasteiger partial charge in [0.2, 0.25) is 0 Å². The van der Waals surface area contributed by atoms with E-state index in [-0.39, 0.29) is 6.61 Å². The Morgan fingerprint density at radius 1 is 1.17 bits per heavy atom. The van der Waals surface area contributed by atoms with Crippen LogP contribution in [-0.4, -0.2) is 23.8 Å². The predicted molar refractivity (Wildman–Crippen MR) is 77.8 cm³/mol. The van der Waals surface area contributed by atoms with Gasteiger partial charge >= 0.3 is 0 Å². The van der Waals surface area contributed by atoms with Crippen LogP contribution in [0.2, 0.25) is 0 Å². The van der Waals surface area contributed by atoms with Gasteiger partial charge in [0.05, 0.1) is 0 Å². The predicted octanol–water partition coefficient (Wildman–Crippen LogP) is 2.92. The maximum atomic E-state index is 9.17. The number of rotatable bonds is 7. The molecule has 2 heteroatoms. The van der Waals surface area contributed by atoms with E-state index in [9.17, 15) is 5.11 Å². The number of aliphatic hydroxyl groups excluding tert-OH is 1. The summed E-state index contributed by atoms with van der Waals surface area (Å²) in [5.74, 6) is 0.303. The third-order valence-electron chi connectivity index (χ3n) is 3.74. The molecule has 1 rings (SSSR count). The molecular formula is C16H27NO. The van der Waals surface area contributed by atoms with Gasteiger partial charge in [0.25, 0.3) is 0 Å². The second-order valence-corrected chi connectivity index (χ2v) is 5.41. The number of hydrogen-bond donors (Lipinski definition) is 2. The van der Waals surface area contributed by atoms with Crippen molar-refractivity contribution in [3.63, 3.8) is 0 Å². The molecule has 0 aliphatic carbocycles. The van der Waals surface area contributed by atoms with Gasteiger partial charge in [-0.25, -0.2) is 0 Å². The Labute approximate surface area is 111 Å². The lowest BCUT2D eigenvalue weighted by Crippen LogP contribution is -2.42. The SMILES string of the molecule is CCC(Cc1ccc(C)cc1)NC(C)C(C)CO. The molecule has 0 amide bonds. The van der Waals surface area contributed by atoms with E-state index >= 15 is 0 Å². The van der Waals surface area contributed by atoms with Crippen molar-refractivity contribution in [2.45, 2.75) is 52.6 Å². The van der Waals surface area contributed by atoms with Crippen molar-refractivity contribution in [3.05, 3.63) is 35.4 Å². The molecule has 0 saturated carbocycles. The summed E-state index contributed by atoms with van der Waals surface area (Å²) in [4.78, 5) is 0. The monoisotopic (exact) mass is 249 g/mol. The molecule has 102 valence electrons. The smallest absolute Gasteiger partial charge is 0.0471 e. The summed E-state index contributed by atoms with van der Waals surface area (Å²) in [5.41, 5.74) is 2.69. The summed E-state index contributed by atoms with van der Waals surface area (Å²) in [7, 11) is 0. The molecule has 0 bridgehead atoms. The summed E-state index contributed by atoms with van der Waals surface area (Å²) in [6.45, 7) is 8.80. The maximum Gasteiger partial charge on any atom is 0.0471 e. The van der Waals surface area contributed by atoms with Gasteiger partial charge in [-0.3, -0.25) is 0 Å². The topological polar surface area (TPSA) is 32.3 Å². The average molecular weight is 249 g/mol. The van der Waals surface area contributed by atoms with E-state index in [2.05, 4.69) is 57.3 Å². The third-order valence-corrected chi connectivity index (χ3v) is 3.74. The molecule has 0 radical (unpaired) electrons. The number of nitrogens with one attached hydrogen (secondary N) is 1. The van der Waals surface area contributed by atoms with E-state index in [0.29, 0.717) is 18.0 Å². The molecule has 3 atom stereocenters. The summed E-state index contributed by atoms with van der Waals surface area (Å²) in [6, 6.07) is 9.59. The Balaban J connectivity index is 2.54.